The molecule has 0 amide bonds. The summed E-state index contributed by atoms with van der Waals surface area (Å²) in [7, 11) is 3.23. The number of hydrogen-bond donors (Lipinski definition) is 0. The third kappa shape index (κ3) is 6.13. The molecule has 0 saturated carbocycles. The Labute approximate surface area is 237 Å². The van der Waals surface area contributed by atoms with Gasteiger partial charge in [-0.3, -0.25) is 9.19 Å². The summed E-state index contributed by atoms with van der Waals surface area (Å²) in [6.45, 7) is 4.99. The third-order valence-corrected chi connectivity index (χ3v) is 9.46. The van der Waals surface area contributed by atoms with Gasteiger partial charge in [-0.1, -0.05) is 0 Å². The molecule has 2 heterocycles. The quantitative estimate of drug-likeness (QED) is 0.245. The van der Waals surface area contributed by atoms with Gasteiger partial charge in [0.2, 0.25) is 5.16 Å². The van der Waals surface area contributed by atoms with Gasteiger partial charge in [-0.2, -0.15) is 0 Å². The molecule has 0 saturated heterocycles. The number of ether oxygens (including phenoxy) is 3. The van der Waals surface area contributed by atoms with Gasteiger partial charge in [0.15, 0.2) is 0 Å². The van der Waals surface area contributed by atoms with E-state index in [0.717, 1.165) is 26.1 Å². The van der Waals surface area contributed by atoms with Crippen molar-refractivity contribution in [3.8, 4) is 17.2 Å². The van der Waals surface area contributed by atoms with Crippen LogP contribution in [0.2, 0.25) is 0 Å². The molecule has 4 aromatic rings. The summed E-state index contributed by atoms with van der Waals surface area (Å²) in [4.78, 5) is 8.96. The van der Waals surface area contributed by atoms with E-state index in [9.17, 15) is 12.6 Å². The molecule has 0 aliphatic carbocycles. The van der Waals surface area contributed by atoms with E-state index in [1.165, 1.54) is 19.2 Å². The van der Waals surface area contributed by atoms with Crippen LogP contribution in [0.1, 0.15) is 16.8 Å². The molecule has 1 atom stereocenters. The highest BCUT2D eigenvalue weighted by Gasteiger charge is 2.28. The smallest absolute Gasteiger partial charge is 0.270 e. The molecule has 4 rings (SSSR count). The Morgan fingerprint density at radius 3 is 2.27 bits per heavy atom. The Morgan fingerprint density at radius 2 is 1.65 bits per heavy atom. The van der Waals surface area contributed by atoms with E-state index in [1.807, 2.05) is 13.8 Å². The number of likely N-dealkylation sites (N-methyl/N-ethyl adjacent to an activating group) is 1. The van der Waals surface area contributed by atoms with Crippen LogP contribution in [0.5, 0.6) is 17.2 Å². The van der Waals surface area contributed by atoms with E-state index in [2.05, 4.69) is 31.1 Å². The van der Waals surface area contributed by atoms with Crippen molar-refractivity contribution in [3.63, 3.8) is 0 Å². The van der Waals surface area contributed by atoms with E-state index in [0.29, 0.717) is 40.6 Å². The summed E-state index contributed by atoms with van der Waals surface area (Å²) < 4.78 is 60.1. The molecule has 1 unspecified atom stereocenters. The van der Waals surface area contributed by atoms with Crippen molar-refractivity contribution < 1.29 is 31.3 Å². The van der Waals surface area contributed by atoms with Crippen LogP contribution in [-0.2, 0) is 26.6 Å². The minimum absolute atomic E-state index is 0.0196. The maximum Gasteiger partial charge on any atom is 0.270 e. The molecular weight excluding hydrogens is 552 g/mol. The topological polar surface area (TPSA) is 110 Å². The molecule has 2 aromatic heterocycles. The van der Waals surface area contributed by atoms with Crippen molar-refractivity contribution >= 4 is 31.9 Å². The molecule has 40 heavy (non-hydrogen) atoms. The van der Waals surface area contributed by atoms with E-state index in [-0.39, 0.29) is 15.8 Å². The standard InChI is InChI=1S/C28H35N4O6S2/c1-19-17-29-25(20(2)27(19)37-7)18-39(33)28-30-24-16-22(36-6)10-13-26(24)31(28)40(34,35)23-11-8-21(9-12-23)38-15-14-32(3,4)5/h8-13,16-17H,14-15,18H2,1-7H3/q+1. The number of benzene rings is 2. The summed E-state index contributed by atoms with van der Waals surface area (Å²) in [6, 6.07) is 11.1. The van der Waals surface area contributed by atoms with Crippen molar-refractivity contribution in [3.05, 3.63) is 65.5 Å². The van der Waals surface area contributed by atoms with Gasteiger partial charge in [-0.05, 0) is 50.2 Å². The van der Waals surface area contributed by atoms with Crippen LogP contribution in [-0.4, -0.2) is 79.6 Å². The van der Waals surface area contributed by atoms with Crippen LogP contribution in [0.15, 0.2) is 58.7 Å². The number of fused-ring (bicyclic) bond motifs is 1. The van der Waals surface area contributed by atoms with Gasteiger partial charge in [0.25, 0.3) is 10.0 Å². The van der Waals surface area contributed by atoms with Gasteiger partial charge in [-0.25, -0.2) is 17.4 Å². The highest BCUT2D eigenvalue weighted by Crippen LogP contribution is 2.31. The SMILES string of the molecule is COc1ccc2c(c1)nc(S(=O)Cc1ncc(C)c(OC)c1C)n2S(=O)(=O)c1ccc(OCC[N+](C)(C)C)cc1. The average Bonchev–Trinajstić information content (AvgIpc) is 3.30. The van der Waals surface area contributed by atoms with E-state index < -0.39 is 20.8 Å². The Kier molecular flexibility index (Phi) is 8.52. The lowest BCUT2D eigenvalue weighted by atomic mass is 10.1. The molecule has 0 fully saturated rings. The fourth-order valence-corrected chi connectivity index (χ4v) is 7.22. The van der Waals surface area contributed by atoms with Gasteiger partial charge in [0, 0.05) is 23.4 Å². The first-order chi connectivity index (χ1) is 18.9. The zero-order valence-electron chi connectivity index (χ0n) is 23.8. The van der Waals surface area contributed by atoms with Crippen molar-refractivity contribution in [2.75, 3.05) is 48.5 Å². The lowest BCUT2D eigenvalue weighted by Crippen LogP contribution is -2.38. The lowest BCUT2D eigenvalue weighted by molar-refractivity contribution is -0.870. The van der Waals surface area contributed by atoms with Crippen molar-refractivity contribution in [1.82, 2.24) is 13.9 Å². The maximum absolute atomic E-state index is 14.0. The molecule has 0 aliphatic heterocycles. The minimum atomic E-state index is -4.18. The van der Waals surface area contributed by atoms with Gasteiger partial charge in [0.1, 0.15) is 30.4 Å². The molecular formula is C28H35N4O6S2+. The summed E-state index contributed by atoms with van der Waals surface area (Å²) >= 11 is 0. The van der Waals surface area contributed by atoms with E-state index >= 15 is 0 Å². The number of aryl methyl sites for hydroxylation is 1. The van der Waals surface area contributed by atoms with Crippen LogP contribution >= 0.6 is 0 Å². The molecule has 0 radical (unpaired) electrons. The second kappa shape index (κ2) is 11.6. The number of hydrogen-bond acceptors (Lipinski definition) is 8. The fourth-order valence-electron chi connectivity index (χ4n) is 4.17. The number of nitrogens with zero attached hydrogens (tertiary/aromatic N) is 4. The number of rotatable bonds is 11. The predicted octanol–water partition coefficient (Wildman–Crippen LogP) is 3.70. The fraction of sp³-hybridized carbons (Fsp3) is 0.357. The van der Waals surface area contributed by atoms with Crippen LogP contribution in [0, 0.1) is 13.8 Å². The molecule has 0 bridgehead atoms. The largest absolute Gasteiger partial charge is 0.497 e. The number of methoxy groups -OCH3 is 2. The number of aromatic nitrogens is 3. The predicted molar refractivity (Wildman–Crippen MR) is 154 cm³/mol. The number of quaternary nitrogens is 1. The minimum Gasteiger partial charge on any atom is -0.497 e. The van der Waals surface area contributed by atoms with Gasteiger partial charge in [0.05, 0.1) is 73.5 Å². The Bertz CT molecular complexity index is 1660. The zero-order valence-corrected chi connectivity index (χ0v) is 25.4. The average molecular weight is 588 g/mol. The maximum atomic E-state index is 14.0. The van der Waals surface area contributed by atoms with Crippen LogP contribution < -0.4 is 14.2 Å². The van der Waals surface area contributed by atoms with Crippen LogP contribution in [0.4, 0.5) is 0 Å². The zero-order chi connectivity index (χ0) is 29.2. The first-order valence-electron chi connectivity index (χ1n) is 12.6. The molecule has 10 nitrogen and oxygen atoms in total. The summed E-state index contributed by atoms with van der Waals surface area (Å²) in [5, 5.41) is -0.104. The summed E-state index contributed by atoms with van der Waals surface area (Å²) in [5.41, 5.74) is 2.76. The molecule has 0 aliphatic rings. The molecule has 0 N–H and O–H groups in total. The van der Waals surface area contributed by atoms with Crippen molar-refractivity contribution in [1.29, 1.82) is 0 Å². The van der Waals surface area contributed by atoms with E-state index in [1.54, 1.807) is 43.6 Å². The molecule has 214 valence electrons. The second-order valence-electron chi connectivity index (χ2n) is 10.4. The first kappa shape index (κ1) is 29.5. The summed E-state index contributed by atoms with van der Waals surface area (Å²) in [5.74, 6) is 1.67. The van der Waals surface area contributed by atoms with Crippen LogP contribution in [0.25, 0.3) is 11.0 Å². The highest BCUT2D eigenvalue weighted by atomic mass is 32.2. The number of pyridine rings is 1. The van der Waals surface area contributed by atoms with Crippen LogP contribution in [0.3, 0.4) is 0 Å². The van der Waals surface area contributed by atoms with Crippen molar-refractivity contribution in [2.24, 2.45) is 0 Å². The summed E-state index contributed by atoms with van der Waals surface area (Å²) in [6.07, 6.45) is 1.65. The molecule has 0 spiro atoms. The number of imidazole rings is 1. The Balaban J connectivity index is 1.75. The molecule has 12 heteroatoms. The first-order valence-corrected chi connectivity index (χ1v) is 15.3. The Morgan fingerprint density at radius 1 is 0.975 bits per heavy atom. The molecule has 2 aromatic carbocycles. The van der Waals surface area contributed by atoms with Crippen molar-refractivity contribution in [2.45, 2.75) is 29.7 Å². The van der Waals surface area contributed by atoms with Gasteiger partial charge >= 0.3 is 0 Å². The third-order valence-electron chi connectivity index (χ3n) is 6.41. The van der Waals surface area contributed by atoms with Gasteiger partial charge in [-0.15, -0.1) is 0 Å². The highest BCUT2D eigenvalue weighted by molar-refractivity contribution is 7.91. The monoisotopic (exact) mass is 587 g/mol. The van der Waals surface area contributed by atoms with Gasteiger partial charge < -0.3 is 18.7 Å². The second-order valence-corrected chi connectivity index (χ2v) is 13.5. The van der Waals surface area contributed by atoms with E-state index in [4.69, 9.17) is 14.2 Å². The Hall–Kier alpha value is -3.48. The normalized spacial score (nSPS) is 12.9. The lowest BCUT2D eigenvalue weighted by Gasteiger charge is -2.23.